The number of benzene rings is 1. The second kappa shape index (κ2) is 8.00. The number of hydrazone groups is 1. The fraction of sp³-hybridized carbons (Fsp3) is 0.278. The van der Waals surface area contributed by atoms with Gasteiger partial charge in [0.1, 0.15) is 23.7 Å². The van der Waals surface area contributed by atoms with Crippen molar-refractivity contribution in [1.29, 1.82) is 0 Å². The number of fused-ring (bicyclic) bond motifs is 1. The van der Waals surface area contributed by atoms with Crippen molar-refractivity contribution in [2.24, 2.45) is 19.2 Å². The molecular weight excluding hydrogens is 380 g/mol. The number of imidazole rings is 1. The van der Waals surface area contributed by atoms with Crippen LogP contribution in [0.2, 0.25) is 0 Å². The molecule has 1 N–H and O–H groups in total. The van der Waals surface area contributed by atoms with Crippen LogP contribution in [0.25, 0.3) is 11.2 Å². The van der Waals surface area contributed by atoms with E-state index in [1.54, 1.807) is 25.3 Å². The van der Waals surface area contributed by atoms with Crippen LogP contribution in [0.1, 0.15) is 5.56 Å². The zero-order valence-corrected chi connectivity index (χ0v) is 16.4. The summed E-state index contributed by atoms with van der Waals surface area (Å²) in [5.41, 5.74) is 2.35. The second-order valence-electron chi connectivity index (χ2n) is 6.15. The van der Waals surface area contributed by atoms with Gasteiger partial charge in [-0.25, -0.2) is 15.2 Å². The van der Waals surface area contributed by atoms with Crippen LogP contribution in [-0.2, 0) is 25.4 Å². The lowest BCUT2D eigenvalue weighted by Gasteiger charge is -2.08. The zero-order chi connectivity index (χ0) is 21.1. The number of nitrogens with one attached hydrogen (secondary N) is 1. The number of carbonyl (C=O) groups excluding carboxylic acids is 1. The first-order chi connectivity index (χ1) is 13.9. The first kappa shape index (κ1) is 19.9. The molecule has 0 saturated heterocycles. The Kier molecular flexibility index (Phi) is 5.48. The summed E-state index contributed by atoms with van der Waals surface area (Å²) in [5.74, 6) is 0.719. The van der Waals surface area contributed by atoms with Crippen molar-refractivity contribution in [3.8, 4) is 11.5 Å². The number of methoxy groups -OCH3 is 2. The third-order valence-corrected chi connectivity index (χ3v) is 4.35. The number of rotatable bonds is 6. The van der Waals surface area contributed by atoms with Gasteiger partial charge in [0.05, 0.1) is 26.8 Å². The van der Waals surface area contributed by atoms with E-state index in [1.165, 1.54) is 42.9 Å². The molecule has 0 aliphatic heterocycles. The summed E-state index contributed by atoms with van der Waals surface area (Å²) in [6.45, 7) is -0.177. The molecule has 0 spiro atoms. The Morgan fingerprint density at radius 1 is 1.21 bits per heavy atom. The van der Waals surface area contributed by atoms with Gasteiger partial charge in [0.25, 0.3) is 11.5 Å². The zero-order valence-electron chi connectivity index (χ0n) is 16.4. The van der Waals surface area contributed by atoms with Crippen LogP contribution in [0.5, 0.6) is 11.5 Å². The van der Waals surface area contributed by atoms with Crippen molar-refractivity contribution in [1.82, 2.24) is 24.1 Å². The molecule has 0 aliphatic carbocycles. The summed E-state index contributed by atoms with van der Waals surface area (Å²) in [7, 11) is 5.95. The van der Waals surface area contributed by atoms with Crippen molar-refractivity contribution in [2.45, 2.75) is 6.54 Å². The Labute approximate surface area is 164 Å². The maximum absolute atomic E-state index is 12.3. The van der Waals surface area contributed by atoms with Crippen molar-refractivity contribution in [3.63, 3.8) is 0 Å². The first-order valence-electron chi connectivity index (χ1n) is 8.52. The molecule has 0 atom stereocenters. The minimum atomic E-state index is -0.523. The van der Waals surface area contributed by atoms with Crippen LogP contribution in [0.15, 0.2) is 39.2 Å². The summed E-state index contributed by atoms with van der Waals surface area (Å²) in [5, 5.41) is 3.93. The largest absolute Gasteiger partial charge is 0.497 e. The van der Waals surface area contributed by atoms with Gasteiger partial charge < -0.3 is 14.0 Å². The van der Waals surface area contributed by atoms with Crippen LogP contribution in [-0.4, -0.2) is 45.0 Å². The van der Waals surface area contributed by atoms with Crippen molar-refractivity contribution in [2.75, 3.05) is 14.2 Å². The maximum atomic E-state index is 12.3. The number of aromatic nitrogens is 4. The van der Waals surface area contributed by atoms with Crippen molar-refractivity contribution < 1.29 is 14.3 Å². The molecule has 1 aromatic carbocycles. The third kappa shape index (κ3) is 3.74. The number of carbonyl (C=O) groups is 1. The van der Waals surface area contributed by atoms with Gasteiger partial charge in [-0.1, -0.05) is 0 Å². The van der Waals surface area contributed by atoms with Crippen molar-refractivity contribution >= 4 is 23.3 Å². The number of amides is 1. The highest BCUT2D eigenvalue weighted by atomic mass is 16.5. The van der Waals surface area contributed by atoms with Crippen LogP contribution >= 0.6 is 0 Å². The summed E-state index contributed by atoms with van der Waals surface area (Å²) in [6.07, 6.45) is 2.76. The third-order valence-electron chi connectivity index (χ3n) is 4.35. The van der Waals surface area contributed by atoms with E-state index in [1.807, 2.05) is 0 Å². The topological polar surface area (TPSA) is 122 Å². The van der Waals surface area contributed by atoms with Gasteiger partial charge in [0.15, 0.2) is 5.52 Å². The van der Waals surface area contributed by atoms with E-state index in [0.29, 0.717) is 17.1 Å². The van der Waals surface area contributed by atoms with Gasteiger partial charge in [-0.05, 0) is 18.2 Å². The fourth-order valence-electron chi connectivity index (χ4n) is 2.86. The van der Waals surface area contributed by atoms with Crippen molar-refractivity contribution in [3.05, 3.63) is 50.9 Å². The fourth-order valence-corrected chi connectivity index (χ4v) is 2.86. The van der Waals surface area contributed by atoms with Gasteiger partial charge >= 0.3 is 5.69 Å². The molecule has 152 valence electrons. The average Bonchev–Trinajstić information content (AvgIpc) is 3.14. The molecule has 0 bridgehead atoms. The molecule has 11 heteroatoms. The molecule has 0 fully saturated rings. The Bertz CT molecular complexity index is 1220. The van der Waals surface area contributed by atoms with Gasteiger partial charge in [-0.3, -0.25) is 18.7 Å². The molecule has 29 heavy (non-hydrogen) atoms. The summed E-state index contributed by atoms with van der Waals surface area (Å²) < 4.78 is 14.0. The molecule has 2 heterocycles. The summed E-state index contributed by atoms with van der Waals surface area (Å²) >= 11 is 0. The standard InChI is InChI=1S/C18H20N6O5/c1-22-16-15(17(26)23(2)18(22)27)19-10-24(16)9-14(25)21-20-8-11-7-12(28-3)5-6-13(11)29-4/h5-8,10H,9H2,1-4H3,(H,21,25). The second-order valence-corrected chi connectivity index (χ2v) is 6.15. The van der Waals surface area contributed by atoms with Gasteiger partial charge in [0.2, 0.25) is 0 Å². The van der Waals surface area contributed by atoms with E-state index in [4.69, 9.17) is 9.47 Å². The lowest BCUT2D eigenvalue weighted by molar-refractivity contribution is -0.121. The Morgan fingerprint density at radius 3 is 2.66 bits per heavy atom. The highest BCUT2D eigenvalue weighted by Gasteiger charge is 2.15. The van der Waals surface area contributed by atoms with Gasteiger partial charge in [0, 0.05) is 19.7 Å². The van der Waals surface area contributed by atoms with Gasteiger partial charge in [-0.15, -0.1) is 0 Å². The smallest absolute Gasteiger partial charge is 0.332 e. The number of nitrogens with zero attached hydrogens (tertiary/aromatic N) is 5. The molecule has 1 amide bonds. The Morgan fingerprint density at radius 2 is 1.97 bits per heavy atom. The van der Waals surface area contributed by atoms with Crippen LogP contribution < -0.4 is 26.1 Å². The lowest BCUT2D eigenvalue weighted by Crippen LogP contribution is -2.37. The maximum Gasteiger partial charge on any atom is 0.332 e. The molecular formula is C18H20N6O5. The Balaban J connectivity index is 1.80. The van der Waals surface area contributed by atoms with Crippen LogP contribution in [0.4, 0.5) is 0 Å². The number of ether oxygens (including phenoxy) is 2. The highest BCUT2D eigenvalue weighted by Crippen LogP contribution is 2.22. The van der Waals surface area contributed by atoms with Gasteiger partial charge in [-0.2, -0.15) is 5.10 Å². The molecule has 0 unspecified atom stereocenters. The van der Waals surface area contributed by atoms with E-state index < -0.39 is 17.2 Å². The number of hydrogen-bond donors (Lipinski definition) is 1. The summed E-state index contributed by atoms with van der Waals surface area (Å²) in [4.78, 5) is 40.6. The molecule has 3 aromatic rings. The quantitative estimate of drug-likeness (QED) is 0.444. The van der Waals surface area contributed by atoms with Crippen LogP contribution in [0.3, 0.4) is 0 Å². The molecule has 2 aromatic heterocycles. The van der Waals surface area contributed by atoms with E-state index >= 15 is 0 Å². The van der Waals surface area contributed by atoms with E-state index in [0.717, 1.165) is 4.57 Å². The predicted octanol–water partition coefficient (Wildman–Crippen LogP) is -0.399. The first-order valence-corrected chi connectivity index (χ1v) is 8.52. The van der Waals surface area contributed by atoms with E-state index in [-0.39, 0.29) is 17.7 Å². The number of hydrogen-bond acceptors (Lipinski definition) is 7. The lowest BCUT2D eigenvalue weighted by atomic mass is 10.2. The number of aryl methyl sites for hydroxylation is 1. The Hall–Kier alpha value is -3.89. The minimum Gasteiger partial charge on any atom is -0.497 e. The molecule has 3 rings (SSSR count). The minimum absolute atomic E-state index is 0.104. The molecule has 11 nitrogen and oxygen atoms in total. The normalized spacial score (nSPS) is 11.2. The highest BCUT2D eigenvalue weighted by molar-refractivity contribution is 5.86. The molecule has 0 radical (unpaired) electrons. The van der Waals surface area contributed by atoms with E-state index in [2.05, 4.69) is 15.5 Å². The molecule has 0 aliphatic rings. The van der Waals surface area contributed by atoms with E-state index in [9.17, 15) is 14.4 Å². The molecule has 0 saturated carbocycles. The monoisotopic (exact) mass is 400 g/mol. The SMILES string of the molecule is COc1ccc(OC)c(C=NNC(=O)Cn2cnc3c(=O)n(C)c(=O)n(C)c32)c1. The predicted molar refractivity (Wildman–Crippen MR) is 105 cm³/mol. The summed E-state index contributed by atoms with van der Waals surface area (Å²) in [6, 6.07) is 5.18. The average molecular weight is 400 g/mol. The van der Waals surface area contributed by atoms with Crippen LogP contribution in [0, 0.1) is 0 Å².